The molecule has 0 rings (SSSR count). The number of hydrogen-bond acceptors (Lipinski definition) is 5. The molecule has 9 heteroatoms. The van der Waals surface area contributed by atoms with Crippen LogP contribution in [0.25, 0.3) is 0 Å². The summed E-state index contributed by atoms with van der Waals surface area (Å²) in [6, 6.07) is -2.31. The average Bonchev–Trinajstić information content (AvgIpc) is 2.35. The largest absolute Gasteiger partial charge is 0.481 e. The third-order valence-electron chi connectivity index (χ3n) is 2.47. The van der Waals surface area contributed by atoms with E-state index >= 15 is 0 Å². The number of nitrogens with zero attached hydrogens (tertiary/aromatic N) is 1. The van der Waals surface area contributed by atoms with E-state index in [9.17, 15) is 19.2 Å². The molecule has 0 aromatic heterocycles. The first-order chi connectivity index (χ1) is 9.18. The molecule has 2 atom stereocenters. The summed E-state index contributed by atoms with van der Waals surface area (Å²) >= 11 is 0. The van der Waals surface area contributed by atoms with Crippen molar-refractivity contribution in [3.63, 3.8) is 0 Å². The predicted octanol–water partition coefficient (Wildman–Crippen LogP) is -0.635. The Hall–Kier alpha value is -2.32. The number of carbonyl (C=O) groups is 4. The van der Waals surface area contributed by atoms with Gasteiger partial charge < -0.3 is 25.2 Å². The molecule has 20 heavy (non-hydrogen) atoms. The number of aliphatic carboxylic acids is 2. The molecule has 0 aromatic rings. The molecule has 0 saturated heterocycles. The number of urea groups is 1. The van der Waals surface area contributed by atoms with Crippen LogP contribution in [0.5, 0.6) is 0 Å². The van der Waals surface area contributed by atoms with E-state index < -0.39 is 42.3 Å². The minimum absolute atomic E-state index is 0.0118. The molecule has 0 aromatic carbocycles. The van der Waals surface area contributed by atoms with Crippen molar-refractivity contribution in [2.24, 2.45) is 5.92 Å². The minimum Gasteiger partial charge on any atom is -0.481 e. The Bertz CT molecular complexity index is 396. The molecular weight excluding hydrogens is 272 g/mol. The number of methoxy groups -OCH3 is 1. The number of carbonyl (C=O) groups excluding carboxylic acids is 2. The van der Waals surface area contributed by atoms with Crippen molar-refractivity contribution in [3.8, 4) is 0 Å². The highest BCUT2D eigenvalue weighted by Gasteiger charge is 2.25. The molecular formula is C11H18N2O7. The highest BCUT2D eigenvalue weighted by Crippen LogP contribution is 2.02. The summed E-state index contributed by atoms with van der Waals surface area (Å²) in [7, 11) is 2.57. The van der Waals surface area contributed by atoms with Gasteiger partial charge in [0.25, 0.3) is 0 Å². The van der Waals surface area contributed by atoms with Gasteiger partial charge in [-0.25, -0.2) is 9.59 Å². The maximum atomic E-state index is 11.7. The molecule has 114 valence electrons. The molecule has 2 amide bonds. The van der Waals surface area contributed by atoms with Crippen LogP contribution in [0.4, 0.5) is 4.79 Å². The van der Waals surface area contributed by atoms with Crippen LogP contribution in [0.2, 0.25) is 0 Å². The molecule has 0 radical (unpaired) electrons. The van der Waals surface area contributed by atoms with Crippen molar-refractivity contribution in [2.45, 2.75) is 19.4 Å². The molecule has 9 nitrogen and oxygen atoms in total. The standard InChI is InChI=1S/C11H18N2O7/c1-6(10(18)20-3)5-13(2)11(19)12-7(9(16)17)4-8(14)15/h6-7H,4-5H2,1-3H3,(H,12,19)(H,14,15)(H,16,17). The molecule has 2 unspecified atom stereocenters. The van der Waals surface area contributed by atoms with Crippen LogP contribution in [-0.4, -0.2) is 65.8 Å². The summed E-state index contributed by atoms with van der Waals surface area (Å²) < 4.78 is 4.50. The fraction of sp³-hybridized carbons (Fsp3) is 0.636. The van der Waals surface area contributed by atoms with Crippen molar-refractivity contribution >= 4 is 23.9 Å². The van der Waals surface area contributed by atoms with E-state index in [1.807, 2.05) is 0 Å². The summed E-state index contributed by atoms with van der Waals surface area (Å²) in [5.74, 6) is -3.89. The van der Waals surface area contributed by atoms with Gasteiger partial charge in [0.15, 0.2) is 0 Å². The average molecular weight is 290 g/mol. The van der Waals surface area contributed by atoms with Gasteiger partial charge in [0.1, 0.15) is 6.04 Å². The Morgan fingerprint density at radius 1 is 1.25 bits per heavy atom. The first kappa shape index (κ1) is 17.7. The van der Waals surface area contributed by atoms with Crippen LogP contribution >= 0.6 is 0 Å². The van der Waals surface area contributed by atoms with E-state index in [1.54, 1.807) is 6.92 Å². The van der Waals surface area contributed by atoms with Crippen LogP contribution in [0.1, 0.15) is 13.3 Å². The second-order valence-electron chi connectivity index (χ2n) is 4.24. The Morgan fingerprint density at radius 3 is 2.20 bits per heavy atom. The maximum Gasteiger partial charge on any atom is 0.326 e. The lowest BCUT2D eigenvalue weighted by molar-refractivity contribution is -0.145. The summed E-state index contributed by atoms with van der Waals surface area (Å²) in [6.45, 7) is 1.56. The molecule has 0 fully saturated rings. The molecule has 0 bridgehead atoms. The SMILES string of the molecule is COC(=O)C(C)CN(C)C(=O)NC(CC(=O)O)C(=O)O. The Labute approximate surface area is 115 Å². The van der Waals surface area contributed by atoms with E-state index in [-0.39, 0.29) is 6.54 Å². The van der Waals surface area contributed by atoms with Crippen molar-refractivity contribution in [1.29, 1.82) is 0 Å². The zero-order valence-corrected chi connectivity index (χ0v) is 11.5. The van der Waals surface area contributed by atoms with Gasteiger partial charge in [-0.05, 0) is 0 Å². The van der Waals surface area contributed by atoms with E-state index in [0.717, 1.165) is 4.90 Å². The van der Waals surface area contributed by atoms with Crippen LogP contribution < -0.4 is 5.32 Å². The predicted molar refractivity (Wildman–Crippen MR) is 66.0 cm³/mol. The van der Waals surface area contributed by atoms with E-state index in [2.05, 4.69) is 10.1 Å². The number of rotatable bonds is 7. The maximum absolute atomic E-state index is 11.7. The van der Waals surface area contributed by atoms with Gasteiger partial charge in [0.05, 0.1) is 19.4 Å². The normalized spacial score (nSPS) is 12.9. The summed E-state index contributed by atoms with van der Waals surface area (Å²) in [6.07, 6.45) is -0.735. The van der Waals surface area contributed by atoms with E-state index in [4.69, 9.17) is 10.2 Å². The van der Waals surface area contributed by atoms with E-state index in [0.29, 0.717) is 0 Å². The zero-order chi connectivity index (χ0) is 15.9. The Balaban J connectivity index is 4.53. The molecule has 0 saturated carbocycles. The first-order valence-electron chi connectivity index (χ1n) is 5.73. The number of hydrogen-bond donors (Lipinski definition) is 3. The van der Waals surface area contributed by atoms with E-state index in [1.165, 1.54) is 14.2 Å². The topological polar surface area (TPSA) is 133 Å². The molecule has 0 aliphatic heterocycles. The van der Waals surface area contributed by atoms with Crippen molar-refractivity contribution in [3.05, 3.63) is 0 Å². The molecule has 0 spiro atoms. The third kappa shape index (κ3) is 6.03. The highest BCUT2D eigenvalue weighted by molar-refractivity contribution is 5.86. The van der Waals surface area contributed by atoms with Crippen LogP contribution in [-0.2, 0) is 19.1 Å². The quantitative estimate of drug-likeness (QED) is 0.531. The van der Waals surface area contributed by atoms with Gasteiger partial charge in [-0.2, -0.15) is 0 Å². The van der Waals surface area contributed by atoms with Crippen molar-refractivity contribution in [2.75, 3.05) is 20.7 Å². The van der Waals surface area contributed by atoms with Gasteiger partial charge in [-0.1, -0.05) is 6.92 Å². The lowest BCUT2D eigenvalue weighted by Gasteiger charge is -2.22. The zero-order valence-electron chi connectivity index (χ0n) is 11.5. The highest BCUT2D eigenvalue weighted by atomic mass is 16.5. The van der Waals surface area contributed by atoms with Crippen LogP contribution in [0.15, 0.2) is 0 Å². The Morgan fingerprint density at radius 2 is 1.80 bits per heavy atom. The van der Waals surface area contributed by atoms with Crippen molar-refractivity contribution < 1.29 is 34.1 Å². The lowest BCUT2D eigenvalue weighted by atomic mass is 10.2. The molecule has 0 aliphatic carbocycles. The second kappa shape index (κ2) is 7.97. The second-order valence-corrected chi connectivity index (χ2v) is 4.24. The number of carboxylic acid groups (broad SMARTS) is 2. The number of amides is 2. The fourth-order valence-corrected chi connectivity index (χ4v) is 1.40. The number of nitrogens with one attached hydrogen (secondary N) is 1. The smallest absolute Gasteiger partial charge is 0.326 e. The number of carboxylic acids is 2. The fourth-order valence-electron chi connectivity index (χ4n) is 1.40. The summed E-state index contributed by atoms with van der Waals surface area (Å²) in [5, 5.41) is 19.4. The molecule has 0 heterocycles. The molecule has 3 N–H and O–H groups in total. The molecule has 0 aliphatic rings. The van der Waals surface area contributed by atoms with Gasteiger partial charge in [0, 0.05) is 13.6 Å². The third-order valence-corrected chi connectivity index (χ3v) is 2.47. The number of ether oxygens (including phenoxy) is 1. The van der Waals surface area contributed by atoms with Gasteiger partial charge in [-0.3, -0.25) is 9.59 Å². The van der Waals surface area contributed by atoms with Crippen LogP contribution in [0, 0.1) is 5.92 Å². The summed E-state index contributed by atoms with van der Waals surface area (Å²) in [4.78, 5) is 45.2. The number of esters is 1. The van der Waals surface area contributed by atoms with Crippen molar-refractivity contribution in [1.82, 2.24) is 10.2 Å². The first-order valence-corrected chi connectivity index (χ1v) is 5.73. The monoisotopic (exact) mass is 290 g/mol. The van der Waals surface area contributed by atoms with Gasteiger partial charge in [0.2, 0.25) is 0 Å². The minimum atomic E-state index is -1.53. The van der Waals surface area contributed by atoms with Gasteiger partial charge >= 0.3 is 23.9 Å². The summed E-state index contributed by atoms with van der Waals surface area (Å²) in [5.41, 5.74) is 0. The van der Waals surface area contributed by atoms with Gasteiger partial charge in [-0.15, -0.1) is 0 Å². The Kier molecular flexibility index (Phi) is 7.05. The lowest BCUT2D eigenvalue weighted by Crippen LogP contribution is -2.48. The van der Waals surface area contributed by atoms with Crippen LogP contribution in [0.3, 0.4) is 0 Å².